The highest BCUT2D eigenvalue weighted by molar-refractivity contribution is 4.50. The first-order chi connectivity index (χ1) is 9.20. The van der Waals surface area contributed by atoms with E-state index in [-0.39, 0.29) is 26.4 Å². The standard InChI is InChI=1S/C12H26O7/c1-15-7-11(13)9-18-5-3-17-4-6-19-10-12(14)8-16-2/h11-14H,3-10H2,1-2H3. The normalized spacial score (nSPS) is 14.5. The average molecular weight is 282 g/mol. The number of hydrogen-bond donors (Lipinski definition) is 2. The monoisotopic (exact) mass is 282 g/mol. The Hall–Kier alpha value is -0.280. The fraction of sp³-hybridized carbons (Fsp3) is 1.00. The lowest BCUT2D eigenvalue weighted by atomic mass is 10.4. The first-order valence-corrected chi connectivity index (χ1v) is 6.28. The largest absolute Gasteiger partial charge is 0.388 e. The van der Waals surface area contributed by atoms with E-state index in [1.54, 1.807) is 0 Å². The molecule has 0 aromatic rings. The van der Waals surface area contributed by atoms with Crippen LogP contribution in [0.25, 0.3) is 0 Å². The summed E-state index contributed by atoms with van der Waals surface area (Å²) in [6.45, 7) is 2.68. The van der Waals surface area contributed by atoms with Crippen LogP contribution in [-0.2, 0) is 23.7 Å². The van der Waals surface area contributed by atoms with E-state index in [0.717, 1.165) is 0 Å². The van der Waals surface area contributed by atoms with Crippen molar-refractivity contribution in [2.45, 2.75) is 12.2 Å². The lowest BCUT2D eigenvalue weighted by Crippen LogP contribution is -2.23. The molecule has 0 saturated carbocycles. The van der Waals surface area contributed by atoms with Crippen LogP contribution < -0.4 is 0 Å². The third-order valence-corrected chi connectivity index (χ3v) is 2.08. The van der Waals surface area contributed by atoms with Gasteiger partial charge in [-0.2, -0.15) is 0 Å². The number of aliphatic hydroxyl groups excluding tert-OH is 2. The van der Waals surface area contributed by atoms with Crippen molar-refractivity contribution in [3.05, 3.63) is 0 Å². The van der Waals surface area contributed by atoms with Gasteiger partial charge in [-0.15, -0.1) is 0 Å². The van der Waals surface area contributed by atoms with Gasteiger partial charge in [-0.1, -0.05) is 0 Å². The lowest BCUT2D eigenvalue weighted by Gasteiger charge is -2.11. The number of methoxy groups -OCH3 is 2. The van der Waals surface area contributed by atoms with Crippen LogP contribution >= 0.6 is 0 Å². The van der Waals surface area contributed by atoms with Gasteiger partial charge >= 0.3 is 0 Å². The molecule has 0 heterocycles. The van der Waals surface area contributed by atoms with Gasteiger partial charge in [-0.25, -0.2) is 0 Å². The van der Waals surface area contributed by atoms with Crippen LogP contribution in [0.15, 0.2) is 0 Å². The molecule has 7 heteroatoms. The van der Waals surface area contributed by atoms with Crippen LogP contribution in [0.4, 0.5) is 0 Å². The Morgan fingerprint density at radius 1 is 0.632 bits per heavy atom. The maximum atomic E-state index is 9.27. The van der Waals surface area contributed by atoms with Crippen molar-refractivity contribution in [3.63, 3.8) is 0 Å². The van der Waals surface area contributed by atoms with Crippen molar-refractivity contribution in [2.75, 3.05) is 67.1 Å². The summed E-state index contributed by atoms with van der Waals surface area (Å²) in [5, 5.41) is 18.5. The van der Waals surface area contributed by atoms with Gasteiger partial charge in [0.2, 0.25) is 0 Å². The van der Waals surface area contributed by atoms with Crippen molar-refractivity contribution < 1.29 is 33.9 Å². The van der Waals surface area contributed by atoms with Gasteiger partial charge in [-0.3, -0.25) is 0 Å². The van der Waals surface area contributed by atoms with Gasteiger partial charge in [0.15, 0.2) is 0 Å². The highest BCUT2D eigenvalue weighted by atomic mass is 16.6. The minimum Gasteiger partial charge on any atom is -0.388 e. The second-order valence-electron chi connectivity index (χ2n) is 3.98. The summed E-state index contributed by atoms with van der Waals surface area (Å²) in [4.78, 5) is 0. The molecule has 0 aromatic carbocycles. The maximum Gasteiger partial charge on any atom is 0.101 e. The van der Waals surface area contributed by atoms with E-state index >= 15 is 0 Å². The summed E-state index contributed by atoms with van der Waals surface area (Å²) in [7, 11) is 3.05. The molecule has 0 aliphatic rings. The third-order valence-electron chi connectivity index (χ3n) is 2.08. The summed E-state index contributed by atoms with van der Waals surface area (Å²) in [6.07, 6.45) is -1.20. The topological polar surface area (TPSA) is 86.6 Å². The van der Waals surface area contributed by atoms with Gasteiger partial charge in [0.25, 0.3) is 0 Å². The Morgan fingerprint density at radius 3 is 1.37 bits per heavy atom. The number of hydrogen-bond acceptors (Lipinski definition) is 7. The van der Waals surface area contributed by atoms with Crippen molar-refractivity contribution in [3.8, 4) is 0 Å². The minimum atomic E-state index is -0.601. The number of rotatable bonds is 14. The van der Waals surface area contributed by atoms with Crippen LogP contribution in [0.2, 0.25) is 0 Å². The van der Waals surface area contributed by atoms with Crippen LogP contribution in [0.3, 0.4) is 0 Å². The summed E-state index contributed by atoms with van der Waals surface area (Å²) in [6, 6.07) is 0. The summed E-state index contributed by atoms with van der Waals surface area (Å²) < 4.78 is 25.1. The second-order valence-corrected chi connectivity index (χ2v) is 3.98. The molecule has 0 aliphatic heterocycles. The molecular formula is C12H26O7. The summed E-state index contributed by atoms with van der Waals surface area (Å²) in [5.41, 5.74) is 0. The van der Waals surface area contributed by atoms with E-state index in [4.69, 9.17) is 23.7 Å². The predicted octanol–water partition coefficient (Wildman–Crippen LogP) is -0.949. The van der Waals surface area contributed by atoms with Crippen LogP contribution in [0.5, 0.6) is 0 Å². The zero-order valence-corrected chi connectivity index (χ0v) is 11.7. The molecule has 0 spiro atoms. The Kier molecular flexibility index (Phi) is 13.9. The Labute approximate surface area is 114 Å². The van der Waals surface area contributed by atoms with Crippen LogP contribution in [0, 0.1) is 0 Å². The number of aliphatic hydroxyl groups is 2. The molecule has 0 rings (SSSR count). The molecule has 0 saturated heterocycles. The fourth-order valence-corrected chi connectivity index (χ4v) is 1.26. The molecular weight excluding hydrogens is 256 g/mol. The molecule has 0 aliphatic carbocycles. The smallest absolute Gasteiger partial charge is 0.101 e. The zero-order chi connectivity index (χ0) is 14.3. The molecule has 2 atom stereocenters. The first-order valence-electron chi connectivity index (χ1n) is 6.28. The quantitative estimate of drug-likeness (QED) is 0.397. The van der Waals surface area contributed by atoms with E-state index < -0.39 is 12.2 Å². The molecule has 0 radical (unpaired) electrons. The van der Waals surface area contributed by atoms with Gasteiger partial charge < -0.3 is 33.9 Å². The van der Waals surface area contributed by atoms with E-state index in [0.29, 0.717) is 26.4 Å². The van der Waals surface area contributed by atoms with Crippen molar-refractivity contribution >= 4 is 0 Å². The molecule has 19 heavy (non-hydrogen) atoms. The second kappa shape index (κ2) is 14.1. The third kappa shape index (κ3) is 13.9. The van der Waals surface area contributed by atoms with E-state index in [1.165, 1.54) is 14.2 Å². The average Bonchev–Trinajstić information content (AvgIpc) is 2.37. The van der Waals surface area contributed by atoms with E-state index in [1.807, 2.05) is 0 Å². The molecule has 0 aromatic heterocycles. The fourth-order valence-electron chi connectivity index (χ4n) is 1.26. The highest BCUT2D eigenvalue weighted by Crippen LogP contribution is 1.89. The van der Waals surface area contributed by atoms with Gasteiger partial charge in [0.1, 0.15) is 12.2 Å². The molecule has 0 bridgehead atoms. The van der Waals surface area contributed by atoms with E-state index in [9.17, 15) is 10.2 Å². The first kappa shape index (κ1) is 18.7. The lowest BCUT2D eigenvalue weighted by molar-refractivity contribution is -0.0407. The Balaban J connectivity index is 3.10. The molecule has 7 nitrogen and oxygen atoms in total. The predicted molar refractivity (Wildman–Crippen MR) is 68.2 cm³/mol. The maximum absolute atomic E-state index is 9.27. The van der Waals surface area contributed by atoms with Crippen molar-refractivity contribution in [1.29, 1.82) is 0 Å². The van der Waals surface area contributed by atoms with Gasteiger partial charge in [0.05, 0.1) is 52.9 Å². The minimum absolute atomic E-state index is 0.233. The molecule has 0 amide bonds. The molecule has 0 fully saturated rings. The van der Waals surface area contributed by atoms with Crippen molar-refractivity contribution in [2.24, 2.45) is 0 Å². The molecule has 2 N–H and O–H groups in total. The zero-order valence-electron chi connectivity index (χ0n) is 11.7. The van der Waals surface area contributed by atoms with Gasteiger partial charge in [0, 0.05) is 14.2 Å². The molecule has 2 unspecified atom stereocenters. The van der Waals surface area contributed by atoms with Gasteiger partial charge in [-0.05, 0) is 0 Å². The Morgan fingerprint density at radius 2 is 1.00 bits per heavy atom. The summed E-state index contributed by atoms with van der Waals surface area (Å²) in [5.74, 6) is 0. The van der Waals surface area contributed by atoms with Crippen molar-refractivity contribution in [1.82, 2.24) is 0 Å². The summed E-state index contributed by atoms with van der Waals surface area (Å²) >= 11 is 0. The SMILES string of the molecule is COCC(O)COCCOCCOCC(O)COC. The Bertz CT molecular complexity index is 161. The van der Waals surface area contributed by atoms with Crippen LogP contribution in [-0.4, -0.2) is 89.5 Å². The molecule has 116 valence electrons. The van der Waals surface area contributed by atoms with E-state index in [2.05, 4.69) is 0 Å². The number of ether oxygens (including phenoxy) is 5. The highest BCUT2D eigenvalue weighted by Gasteiger charge is 2.03. The van der Waals surface area contributed by atoms with Crippen LogP contribution in [0.1, 0.15) is 0 Å².